The molecule has 1 aromatic heterocycles. The van der Waals surface area contributed by atoms with Gasteiger partial charge in [0.15, 0.2) is 5.13 Å². The monoisotopic (exact) mass is 429 g/mol. The Morgan fingerprint density at radius 3 is 2.45 bits per heavy atom. The number of rotatable bonds is 7. The van der Waals surface area contributed by atoms with Gasteiger partial charge in [-0.15, -0.1) is 11.3 Å². The molecule has 1 amide bonds. The second-order valence-corrected chi connectivity index (χ2v) is 7.80. The highest BCUT2D eigenvalue weighted by atomic mass is 32.1. The van der Waals surface area contributed by atoms with Crippen LogP contribution in [0.3, 0.4) is 0 Å². The Hall–Kier alpha value is -3.64. The first kappa shape index (κ1) is 20.6. The summed E-state index contributed by atoms with van der Waals surface area (Å²) >= 11 is 1.53. The second kappa shape index (κ2) is 9.45. The number of carbonyl (C=O) groups is 1. The fourth-order valence-electron chi connectivity index (χ4n) is 3.15. The van der Waals surface area contributed by atoms with Crippen LogP contribution in [0.25, 0.3) is 11.3 Å². The van der Waals surface area contributed by atoms with E-state index in [1.165, 1.54) is 16.9 Å². The topological polar surface area (TPSA) is 63.2 Å². The van der Waals surface area contributed by atoms with E-state index >= 15 is 0 Å². The Labute approximate surface area is 185 Å². The third-order valence-electron chi connectivity index (χ3n) is 4.92. The Bertz CT molecular complexity index is 1170. The number of thiazole rings is 1. The van der Waals surface area contributed by atoms with Gasteiger partial charge in [-0.25, -0.2) is 4.98 Å². The fraction of sp³-hybridized carbons (Fsp3) is 0.120. The number of methoxy groups -OCH3 is 1. The highest BCUT2D eigenvalue weighted by molar-refractivity contribution is 7.14. The predicted molar refractivity (Wildman–Crippen MR) is 128 cm³/mol. The van der Waals surface area contributed by atoms with Crippen LogP contribution in [-0.4, -0.2) is 18.0 Å². The third kappa shape index (κ3) is 4.92. The van der Waals surface area contributed by atoms with Gasteiger partial charge in [0.25, 0.3) is 5.91 Å². The van der Waals surface area contributed by atoms with Gasteiger partial charge >= 0.3 is 0 Å². The molecule has 0 radical (unpaired) electrons. The summed E-state index contributed by atoms with van der Waals surface area (Å²) in [7, 11) is 1.65. The van der Waals surface area contributed by atoms with E-state index in [1.54, 1.807) is 7.11 Å². The number of hydrogen-bond acceptors (Lipinski definition) is 5. The molecule has 0 saturated carbocycles. The summed E-state index contributed by atoms with van der Waals surface area (Å²) in [5.41, 5.74) is 5.33. The lowest BCUT2D eigenvalue weighted by Gasteiger charge is -2.08. The zero-order valence-corrected chi connectivity index (χ0v) is 18.2. The van der Waals surface area contributed by atoms with E-state index < -0.39 is 0 Å². The minimum absolute atomic E-state index is 0.118. The van der Waals surface area contributed by atoms with Crippen LogP contribution >= 0.6 is 11.3 Å². The molecular weight excluding hydrogens is 406 g/mol. The van der Waals surface area contributed by atoms with Crippen molar-refractivity contribution in [1.82, 2.24) is 4.98 Å². The summed E-state index contributed by atoms with van der Waals surface area (Å²) in [6.45, 7) is 2.09. The molecule has 3 aromatic carbocycles. The number of carbonyl (C=O) groups excluding carboxylic acids is 1. The van der Waals surface area contributed by atoms with Gasteiger partial charge in [-0.3, -0.25) is 4.79 Å². The molecule has 0 atom stereocenters. The van der Waals surface area contributed by atoms with Crippen molar-refractivity contribution in [3.63, 3.8) is 0 Å². The fourth-order valence-corrected chi connectivity index (χ4v) is 3.88. The number of anilines is 3. The summed E-state index contributed by atoms with van der Waals surface area (Å²) in [6.07, 6.45) is 0.954. The van der Waals surface area contributed by atoms with Crippen molar-refractivity contribution in [2.24, 2.45) is 0 Å². The van der Waals surface area contributed by atoms with Crippen molar-refractivity contribution >= 4 is 33.8 Å². The Kier molecular flexibility index (Phi) is 6.29. The normalized spacial score (nSPS) is 10.5. The molecule has 4 aromatic rings. The van der Waals surface area contributed by atoms with Crippen molar-refractivity contribution in [1.29, 1.82) is 0 Å². The number of benzene rings is 3. The van der Waals surface area contributed by atoms with E-state index in [-0.39, 0.29) is 5.91 Å². The van der Waals surface area contributed by atoms with Gasteiger partial charge in [0.2, 0.25) is 0 Å². The first-order chi connectivity index (χ1) is 15.2. The second-order valence-electron chi connectivity index (χ2n) is 6.95. The summed E-state index contributed by atoms with van der Waals surface area (Å²) in [5.74, 6) is 0.649. The van der Waals surface area contributed by atoms with Gasteiger partial charge in [-0.2, -0.15) is 0 Å². The molecule has 0 unspecified atom stereocenters. The largest absolute Gasteiger partial charge is 0.495 e. The van der Waals surface area contributed by atoms with Gasteiger partial charge in [0.05, 0.1) is 18.5 Å². The number of para-hydroxylation sites is 2. The van der Waals surface area contributed by atoms with E-state index in [9.17, 15) is 4.79 Å². The molecule has 0 bridgehead atoms. The molecular formula is C25H23N3O2S. The van der Waals surface area contributed by atoms with Crippen LogP contribution in [0.15, 0.2) is 78.2 Å². The van der Waals surface area contributed by atoms with E-state index in [0.29, 0.717) is 5.56 Å². The number of aryl methyl sites for hydroxylation is 1. The molecule has 0 aliphatic carbocycles. The minimum atomic E-state index is -0.118. The Morgan fingerprint density at radius 2 is 1.74 bits per heavy atom. The summed E-state index contributed by atoms with van der Waals surface area (Å²) in [4.78, 5) is 17.1. The van der Waals surface area contributed by atoms with Gasteiger partial charge in [-0.05, 0) is 48.4 Å². The van der Waals surface area contributed by atoms with E-state index in [2.05, 4.69) is 22.5 Å². The molecule has 31 heavy (non-hydrogen) atoms. The van der Waals surface area contributed by atoms with Crippen LogP contribution in [0.4, 0.5) is 16.5 Å². The molecule has 0 spiro atoms. The Morgan fingerprint density at radius 1 is 1.00 bits per heavy atom. The maximum Gasteiger partial charge on any atom is 0.255 e. The highest BCUT2D eigenvalue weighted by Gasteiger charge is 2.09. The van der Waals surface area contributed by atoms with Crippen LogP contribution in [0, 0.1) is 0 Å². The van der Waals surface area contributed by atoms with Crippen LogP contribution in [0.5, 0.6) is 5.75 Å². The lowest BCUT2D eigenvalue weighted by atomic mass is 10.1. The summed E-state index contributed by atoms with van der Waals surface area (Å²) in [6, 6.07) is 23.1. The van der Waals surface area contributed by atoms with Crippen molar-refractivity contribution in [2.45, 2.75) is 13.3 Å². The molecule has 156 valence electrons. The number of amides is 1. The first-order valence-corrected chi connectivity index (χ1v) is 10.9. The van der Waals surface area contributed by atoms with Crippen molar-refractivity contribution in [3.8, 4) is 17.0 Å². The smallest absolute Gasteiger partial charge is 0.255 e. The standard InChI is InChI=1S/C25H23N3O2S/c1-3-17-8-10-19(11-9-17)24(29)26-20-14-12-18(13-15-20)22-16-31-25(28-22)27-21-6-4-5-7-23(21)30-2/h4-16H,3H2,1-2H3,(H,26,29)(H,27,28). The maximum absolute atomic E-state index is 12.5. The molecule has 4 rings (SSSR count). The molecule has 0 fully saturated rings. The molecule has 0 saturated heterocycles. The molecule has 5 nitrogen and oxygen atoms in total. The minimum Gasteiger partial charge on any atom is -0.495 e. The highest BCUT2D eigenvalue weighted by Crippen LogP contribution is 2.31. The molecule has 6 heteroatoms. The molecule has 0 aliphatic rings. The van der Waals surface area contributed by atoms with Gasteiger partial charge in [0, 0.05) is 22.2 Å². The zero-order chi connectivity index (χ0) is 21.6. The molecule has 2 N–H and O–H groups in total. The maximum atomic E-state index is 12.5. The Balaban J connectivity index is 1.43. The summed E-state index contributed by atoms with van der Waals surface area (Å²) < 4.78 is 5.38. The van der Waals surface area contributed by atoms with Gasteiger partial charge < -0.3 is 15.4 Å². The number of nitrogens with zero attached hydrogens (tertiary/aromatic N) is 1. The van der Waals surface area contributed by atoms with Gasteiger partial charge in [-0.1, -0.05) is 43.3 Å². The van der Waals surface area contributed by atoms with Crippen molar-refractivity contribution < 1.29 is 9.53 Å². The summed E-state index contributed by atoms with van der Waals surface area (Å²) in [5, 5.41) is 9.03. The number of hydrogen-bond donors (Lipinski definition) is 2. The number of nitrogens with one attached hydrogen (secondary N) is 2. The van der Waals surface area contributed by atoms with Crippen LogP contribution in [0.2, 0.25) is 0 Å². The average molecular weight is 430 g/mol. The van der Waals surface area contributed by atoms with Crippen molar-refractivity contribution in [3.05, 3.63) is 89.3 Å². The predicted octanol–water partition coefficient (Wildman–Crippen LogP) is 6.38. The SMILES string of the molecule is CCc1ccc(C(=O)Nc2ccc(-c3csc(Nc4ccccc4OC)n3)cc2)cc1. The number of aromatic nitrogens is 1. The van der Waals surface area contributed by atoms with E-state index in [4.69, 9.17) is 4.74 Å². The lowest BCUT2D eigenvalue weighted by Crippen LogP contribution is -2.11. The zero-order valence-electron chi connectivity index (χ0n) is 17.4. The molecule has 1 heterocycles. The average Bonchev–Trinajstić information content (AvgIpc) is 3.28. The number of ether oxygens (including phenoxy) is 1. The van der Waals surface area contributed by atoms with Crippen molar-refractivity contribution in [2.75, 3.05) is 17.7 Å². The molecule has 0 aliphatic heterocycles. The first-order valence-electron chi connectivity index (χ1n) is 10.0. The third-order valence-corrected chi connectivity index (χ3v) is 5.67. The van der Waals surface area contributed by atoms with E-state index in [0.717, 1.165) is 39.9 Å². The lowest BCUT2D eigenvalue weighted by molar-refractivity contribution is 0.102. The quantitative estimate of drug-likeness (QED) is 0.358. The van der Waals surface area contributed by atoms with E-state index in [1.807, 2.05) is 78.2 Å². The van der Waals surface area contributed by atoms with Gasteiger partial charge in [0.1, 0.15) is 5.75 Å². The van der Waals surface area contributed by atoms with Crippen LogP contribution in [0.1, 0.15) is 22.8 Å². The van der Waals surface area contributed by atoms with Crippen LogP contribution < -0.4 is 15.4 Å². The van der Waals surface area contributed by atoms with Crippen LogP contribution in [-0.2, 0) is 6.42 Å².